The van der Waals surface area contributed by atoms with Crippen LogP contribution in [0, 0.1) is 6.92 Å². The zero-order valence-corrected chi connectivity index (χ0v) is 20.2. The van der Waals surface area contributed by atoms with Gasteiger partial charge in [-0.15, -0.1) is 11.3 Å². The Hall–Kier alpha value is -2.43. The second kappa shape index (κ2) is 9.22. The molecular weight excluding hydrogens is 506 g/mol. The lowest BCUT2D eigenvalue weighted by Crippen LogP contribution is -2.42. The van der Waals surface area contributed by atoms with Crippen LogP contribution in [-0.2, 0) is 11.3 Å². The minimum atomic E-state index is -4.47. The molecule has 186 valence electrons. The molecule has 2 aromatic heterocycles. The summed E-state index contributed by atoms with van der Waals surface area (Å²) in [7, 11) is 0. The largest absolute Gasteiger partial charge is 0.485 e. The van der Waals surface area contributed by atoms with Crippen LogP contribution in [0.4, 0.5) is 17.6 Å². The SMILES string of the molecule is Cc1cc(Cl)cc(-c2ccnc3cc(CN4C(=O)CCC4C(F)(F)F)sc23)c1O[C@@H]1CNC[C@@H]1F. The summed E-state index contributed by atoms with van der Waals surface area (Å²) in [6.45, 7) is 2.28. The van der Waals surface area contributed by atoms with Gasteiger partial charge in [-0.3, -0.25) is 9.78 Å². The number of thiophene rings is 1. The van der Waals surface area contributed by atoms with Crippen molar-refractivity contribution >= 4 is 39.1 Å². The van der Waals surface area contributed by atoms with Crippen molar-refractivity contribution in [2.75, 3.05) is 13.1 Å². The van der Waals surface area contributed by atoms with Crippen LogP contribution >= 0.6 is 22.9 Å². The van der Waals surface area contributed by atoms with E-state index in [0.717, 1.165) is 20.7 Å². The van der Waals surface area contributed by atoms with Gasteiger partial charge < -0.3 is 15.0 Å². The van der Waals surface area contributed by atoms with Gasteiger partial charge in [-0.2, -0.15) is 13.2 Å². The van der Waals surface area contributed by atoms with Crippen molar-refractivity contribution in [2.45, 2.75) is 50.8 Å². The highest BCUT2D eigenvalue weighted by atomic mass is 35.5. The molecule has 0 radical (unpaired) electrons. The zero-order valence-electron chi connectivity index (χ0n) is 18.7. The molecule has 1 unspecified atom stereocenters. The molecule has 2 aliphatic rings. The molecule has 1 N–H and O–H groups in total. The number of benzene rings is 1. The summed E-state index contributed by atoms with van der Waals surface area (Å²) in [5.41, 5.74) is 2.71. The molecule has 2 fully saturated rings. The van der Waals surface area contributed by atoms with Crippen molar-refractivity contribution in [2.24, 2.45) is 0 Å². The molecule has 2 aliphatic heterocycles. The topological polar surface area (TPSA) is 54.5 Å². The maximum absolute atomic E-state index is 14.3. The van der Waals surface area contributed by atoms with Crippen molar-refractivity contribution in [1.29, 1.82) is 0 Å². The Labute approximate surface area is 208 Å². The average molecular weight is 528 g/mol. The number of rotatable bonds is 5. The molecule has 3 atom stereocenters. The van der Waals surface area contributed by atoms with Crippen molar-refractivity contribution in [3.05, 3.63) is 45.9 Å². The van der Waals surface area contributed by atoms with Gasteiger partial charge in [0.05, 0.1) is 16.8 Å². The third-order valence-corrected chi connectivity index (χ3v) is 7.74. The van der Waals surface area contributed by atoms with Gasteiger partial charge >= 0.3 is 6.18 Å². The first-order valence-corrected chi connectivity index (χ1v) is 12.4. The number of carbonyl (C=O) groups is 1. The number of hydrogen-bond acceptors (Lipinski definition) is 5. The average Bonchev–Trinajstić information content (AvgIpc) is 3.48. The van der Waals surface area contributed by atoms with Crippen LogP contribution in [0.3, 0.4) is 0 Å². The molecule has 5 rings (SSSR count). The molecule has 1 amide bonds. The van der Waals surface area contributed by atoms with Crippen LogP contribution < -0.4 is 10.1 Å². The van der Waals surface area contributed by atoms with E-state index in [4.69, 9.17) is 16.3 Å². The molecule has 5 nitrogen and oxygen atoms in total. The van der Waals surface area contributed by atoms with Crippen LogP contribution in [0.25, 0.3) is 21.3 Å². The van der Waals surface area contributed by atoms with Gasteiger partial charge in [-0.1, -0.05) is 11.6 Å². The molecule has 3 aromatic rings. The summed E-state index contributed by atoms with van der Waals surface area (Å²) in [5.74, 6) is -0.00915. The van der Waals surface area contributed by atoms with Gasteiger partial charge in [0.25, 0.3) is 0 Å². The number of amides is 1. The molecule has 35 heavy (non-hydrogen) atoms. The number of likely N-dealkylation sites (tertiary alicyclic amines) is 1. The monoisotopic (exact) mass is 527 g/mol. The predicted molar refractivity (Wildman–Crippen MR) is 127 cm³/mol. The number of carbonyl (C=O) groups excluding carboxylic acids is 1. The number of hydrogen-bond donors (Lipinski definition) is 1. The van der Waals surface area contributed by atoms with E-state index in [1.165, 1.54) is 11.3 Å². The van der Waals surface area contributed by atoms with E-state index in [1.807, 2.05) is 6.92 Å². The van der Waals surface area contributed by atoms with Crippen LogP contribution in [0.15, 0.2) is 30.5 Å². The lowest BCUT2D eigenvalue weighted by Gasteiger charge is -2.26. The minimum absolute atomic E-state index is 0.118. The number of halogens is 5. The Morgan fingerprint density at radius 1 is 1.26 bits per heavy atom. The number of ether oxygens (including phenoxy) is 1. The van der Waals surface area contributed by atoms with Gasteiger partial charge in [0, 0.05) is 46.7 Å². The van der Waals surface area contributed by atoms with Gasteiger partial charge in [0.1, 0.15) is 17.9 Å². The summed E-state index contributed by atoms with van der Waals surface area (Å²) >= 11 is 7.63. The molecule has 0 saturated carbocycles. The second-order valence-electron chi connectivity index (χ2n) is 8.83. The van der Waals surface area contributed by atoms with E-state index in [2.05, 4.69) is 10.3 Å². The van der Waals surface area contributed by atoms with E-state index < -0.39 is 30.4 Å². The number of alkyl halides is 4. The van der Waals surface area contributed by atoms with E-state index in [-0.39, 0.29) is 25.9 Å². The first kappa shape index (κ1) is 24.3. The fraction of sp³-hybridized carbons (Fsp3) is 0.417. The smallest absolute Gasteiger partial charge is 0.408 e. The fourth-order valence-corrected chi connectivity index (χ4v) is 6.11. The first-order valence-electron chi connectivity index (χ1n) is 11.2. The third-order valence-electron chi connectivity index (χ3n) is 6.38. The maximum atomic E-state index is 14.3. The summed E-state index contributed by atoms with van der Waals surface area (Å²) < 4.78 is 61.4. The number of aromatic nitrogens is 1. The van der Waals surface area contributed by atoms with Crippen LogP contribution in [-0.4, -0.2) is 53.4 Å². The highest BCUT2D eigenvalue weighted by Crippen LogP contribution is 2.43. The zero-order chi connectivity index (χ0) is 24.9. The molecular formula is C24H22ClF4N3O2S. The molecule has 1 aromatic carbocycles. The van der Waals surface area contributed by atoms with Crippen molar-refractivity contribution in [3.63, 3.8) is 0 Å². The Morgan fingerprint density at radius 2 is 2.06 bits per heavy atom. The Bertz CT molecular complexity index is 1280. The van der Waals surface area contributed by atoms with E-state index in [1.54, 1.807) is 30.5 Å². The predicted octanol–water partition coefficient (Wildman–Crippen LogP) is 5.67. The first-order chi connectivity index (χ1) is 16.6. The fourth-order valence-electron chi connectivity index (χ4n) is 4.69. The summed E-state index contributed by atoms with van der Waals surface area (Å²) in [5, 5.41) is 3.45. The second-order valence-corrected chi connectivity index (χ2v) is 10.4. The third kappa shape index (κ3) is 4.71. The summed E-state index contributed by atoms with van der Waals surface area (Å²) in [6, 6.07) is 5.18. The number of nitrogens with one attached hydrogen (secondary N) is 1. The van der Waals surface area contributed by atoms with Crippen molar-refractivity contribution in [3.8, 4) is 16.9 Å². The van der Waals surface area contributed by atoms with Crippen LogP contribution in [0.1, 0.15) is 23.3 Å². The van der Waals surface area contributed by atoms with Crippen LogP contribution in [0.5, 0.6) is 5.75 Å². The number of fused-ring (bicyclic) bond motifs is 1. The van der Waals surface area contributed by atoms with Crippen molar-refractivity contribution in [1.82, 2.24) is 15.2 Å². The molecule has 4 heterocycles. The maximum Gasteiger partial charge on any atom is 0.408 e. The van der Waals surface area contributed by atoms with Gasteiger partial charge in [-0.05, 0) is 43.2 Å². The Morgan fingerprint density at radius 3 is 2.77 bits per heavy atom. The lowest BCUT2D eigenvalue weighted by atomic mass is 10.0. The van der Waals surface area contributed by atoms with E-state index in [9.17, 15) is 22.4 Å². The molecule has 0 spiro atoms. The van der Waals surface area contributed by atoms with Crippen LogP contribution in [0.2, 0.25) is 5.02 Å². The Kier molecular flexibility index (Phi) is 6.39. The number of nitrogens with zero attached hydrogens (tertiary/aromatic N) is 2. The quantitative estimate of drug-likeness (QED) is 0.435. The lowest BCUT2D eigenvalue weighted by molar-refractivity contribution is -0.181. The van der Waals surface area contributed by atoms with Gasteiger partial charge in [0.2, 0.25) is 5.91 Å². The molecule has 0 aliphatic carbocycles. The van der Waals surface area contributed by atoms with Crippen molar-refractivity contribution < 1.29 is 27.1 Å². The minimum Gasteiger partial charge on any atom is -0.485 e. The van der Waals surface area contributed by atoms with E-state index in [0.29, 0.717) is 33.3 Å². The number of pyridine rings is 1. The Balaban J connectivity index is 1.54. The van der Waals surface area contributed by atoms with Gasteiger partial charge in [-0.25, -0.2) is 4.39 Å². The molecule has 2 saturated heterocycles. The molecule has 0 bridgehead atoms. The highest BCUT2D eigenvalue weighted by Gasteiger charge is 2.48. The normalized spacial score (nSPS) is 23.0. The highest BCUT2D eigenvalue weighted by molar-refractivity contribution is 7.19. The standard InChI is InChI=1S/C24H22ClF4N3O2S/c1-12-6-13(25)7-16(22(12)34-19-10-30-9-17(19)26)15-4-5-31-18-8-14(35-23(15)18)11-32-20(24(27,28)29)2-3-21(32)33/h4-8,17,19-20,30H,2-3,9-11H2,1H3/t17-,19+,20?/m0/s1. The summed E-state index contributed by atoms with van der Waals surface area (Å²) in [6.07, 6.45) is -5.02. The van der Waals surface area contributed by atoms with Gasteiger partial charge in [0.15, 0.2) is 6.17 Å². The molecule has 11 heteroatoms. The summed E-state index contributed by atoms with van der Waals surface area (Å²) in [4.78, 5) is 18.1. The van der Waals surface area contributed by atoms with E-state index >= 15 is 0 Å². The number of aryl methyl sites for hydroxylation is 1.